The number of piperazine rings is 1. The van der Waals surface area contributed by atoms with Crippen molar-refractivity contribution in [2.24, 2.45) is 0 Å². The maximum absolute atomic E-state index is 14.1. The van der Waals surface area contributed by atoms with Crippen molar-refractivity contribution < 1.29 is 14.0 Å². The molecule has 106 valence electrons. The third kappa shape index (κ3) is 1.97. The Bertz CT molecular complexity index is 555. The highest BCUT2D eigenvalue weighted by Crippen LogP contribution is 2.46. The van der Waals surface area contributed by atoms with Gasteiger partial charge in [0.1, 0.15) is 5.82 Å². The molecule has 0 atom stereocenters. The Morgan fingerprint density at radius 1 is 1.30 bits per heavy atom. The summed E-state index contributed by atoms with van der Waals surface area (Å²) < 4.78 is 14.1. The van der Waals surface area contributed by atoms with Crippen molar-refractivity contribution in [1.82, 2.24) is 10.2 Å². The molecule has 20 heavy (non-hydrogen) atoms. The highest BCUT2D eigenvalue weighted by molar-refractivity contribution is 5.93. The second kappa shape index (κ2) is 4.89. The van der Waals surface area contributed by atoms with Crippen LogP contribution in [0.2, 0.25) is 0 Å². The van der Waals surface area contributed by atoms with Crippen LogP contribution in [0.5, 0.6) is 0 Å². The Labute approximate surface area is 117 Å². The van der Waals surface area contributed by atoms with Crippen molar-refractivity contribution in [3.05, 3.63) is 35.6 Å². The lowest BCUT2D eigenvalue weighted by atomic mass is 9.63. The van der Waals surface area contributed by atoms with E-state index in [2.05, 4.69) is 5.32 Å². The van der Waals surface area contributed by atoms with Gasteiger partial charge in [0.05, 0.1) is 12.0 Å². The number of benzene rings is 1. The number of carbonyl (C=O) groups excluding carboxylic acids is 2. The molecule has 3 rings (SSSR count). The zero-order valence-corrected chi connectivity index (χ0v) is 11.2. The summed E-state index contributed by atoms with van der Waals surface area (Å²) in [5.74, 6) is -0.585. The number of amides is 2. The van der Waals surface area contributed by atoms with Crippen LogP contribution in [-0.4, -0.2) is 36.3 Å². The fourth-order valence-electron chi connectivity index (χ4n) is 3.09. The van der Waals surface area contributed by atoms with Crippen LogP contribution >= 0.6 is 0 Å². The van der Waals surface area contributed by atoms with E-state index in [0.29, 0.717) is 31.5 Å². The fourth-order valence-corrected chi connectivity index (χ4v) is 3.09. The standard InChI is InChI=1S/C15H17FN2O2/c16-12-5-2-1-4-11(12)15(6-3-7-15)14(20)18-9-8-17-13(19)10-18/h1-2,4-5H,3,6-10H2,(H,17,19). The first-order valence-electron chi connectivity index (χ1n) is 6.94. The van der Waals surface area contributed by atoms with Gasteiger partial charge in [0, 0.05) is 18.7 Å². The predicted octanol–water partition coefficient (Wildman–Crippen LogP) is 1.21. The Balaban J connectivity index is 1.91. The van der Waals surface area contributed by atoms with Crippen LogP contribution in [0.3, 0.4) is 0 Å². The quantitative estimate of drug-likeness (QED) is 0.882. The van der Waals surface area contributed by atoms with Crippen LogP contribution in [0, 0.1) is 5.82 Å². The van der Waals surface area contributed by atoms with Gasteiger partial charge in [-0.05, 0) is 18.9 Å². The highest BCUT2D eigenvalue weighted by Gasteiger charge is 2.49. The summed E-state index contributed by atoms with van der Waals surface area (Å²) in [7, 11) is 0. The molecule has 2 aliphatic rings. The topological polar surface area (TPSA) is 49.4 Å². The minimum absolute atomic E-state index is 0.0784. The molecule has 1 saturated heterocycles. The second-order valence-corrected chi connectivity index (χ2v) is 5.49. The summed E-state index contributed by atoms with van der Waals surface area (Å²) in [6.07, 6.45) is 2.23. The average Bonchev–Trinajstić information content (AvgIpc) is 2.39. The van der Waals surface area contributed by atoms with Crippen molar-refractivity contribution in [2.75, 3.05) is 19.6 Å². The summed E-state index contributed by atoms with van der Waals surface area (Å²) in [5.41, 5.74) is -0.287. The van der Waals surface area contributed by atoms with E-state index in [4.69, 9.17) is 0 Å². The van der Waals surface area contributed by atoms with Crippen LogP contribution in [0.4, 0.5) is 4.39 Å². The number of nitrogens with one attached hydrogen (secondary N) is 1. The molecule has 0 radical (unpaired) electrons. The largest absolute Gasteiger partial charge is 0.353 e. The van der Waals surface area contributed by atoms with Crippen molar-refractivity contribution in [3.8, 4) is 0 Å². The number of halogens is 1. The van der Waals surface area contributed by atoms with Crippen LogP contribution < -0.4 is 5.32 Å². The molecule has 1 heterocycles. The van der Waals surface area contributed by atoms with Crippen molar-refractivity contribution in [1.29, 1.82) is 0 Å². The monoisotopic (exact) mass is 276 g/mol. The summed E-state index contributed by atoms with van der Waals surface area (Å²) in [6.45, 7) is 1.05. The first kappa shape index (κ1) is 13.1. The number of hydrogen-bond donors (Lipinski definition) is 1. The predicted molar refractivity (Wildman–Crippen MR) is 71.5 cm³/mol. The van der Waals surface area contributed by atoms with E-state index in [9.17, 15) is 14.0 Å². The SMILES string of the molecule is O=C1CN(C(=O)C2(c3ccccc3F)CCC2)CCN1. The fraction of sp³-hybridized carbons (Fsp3) is 0.467. The molecule has 1 aliphatic carbocycles. The lowest BCUT2D eigenvalue weighted by Gasteiger charge is -2.44. The molecule has 1 saturated carbocycles. The van der Waals surface area contributed by atoms with Crippen LogP contribution in [0.1, 0.15) is 24.8 Å². The third-order valence-electron chi connectivity index (χ3n) is 4.33. The van der Waals surface area contributed by atoms with Gasteiger partial charge < -0.3 is 10.2 Å². The van der Waals surface area contributed by atoms with Crippen LogP contribution in [0.25, 0.3) is 0 Å². The number of rotatable bonds is 2. The Morgan fingerprint density at radius 3 is 2.65 bits per heavy atom. The van der Waals surface area contributed by atoms with Gasteiger partial charge in [-0.15, -0.1) is 0 Å². The van der Waals surface area contributed by atoms with E-state index in [1.807, 2.05) is 0 Å². The molecular formula is C15H17FN2O2. The molecule has 0 aromatic heterocycles. The van der Waals surface area contributed by atoms with Gasteiger partial charge >= 0.3 is 0 Å². The maximum Gasteiger partial charge on any atom is 0.239 e. The van der Waals surface area contributed by atoms with Crippen molar-refractivity contribution >= 4 is 11.8 Å². The van der Waals surface area contributed by atoms with E-state index in [1.54, 1.807) is 23.1 Å². The Morgan fingerprint density at radius 2 is 2.05 bits per heavy atom. The molecule has 0 spiro atoms. The van der Waals surface area contributed by atoms with Gasteiger partial charge in [-0.25, -0.2) is 4.39 Å². The molecule has 4 nitrogen and oxygen atoms in total. The van der Waals surface area contributed by atoms with Crippen LogP contribution in [0.15, 0.2) is 24.3 Å². The number of carbonyl (C=O) groups is 2. The van der Waals surface area contributed by atoms with E-state index >= 15 is 0 Å². The van der Waals surface area contributed by atoms with Crippen LogP contribution in [-0.2, 0) is 15.0 Å². The highest BCUT2D eigenvalue weighted by atomic mass is 19.1. The molecule has 2 amide bonds. The van der Waals surface area contributed by atoms with E-state index in [0.717, 1.165) is 6.42 Å². The molecule has 5 heteroatoms. The summed E-state index contributed by atoms with van der Waals surface area (Å²) in [5, 5.41) is 2.70. The minimum Gasteiger partial charge on any atom is -0.353 e. The second-order valence-electron chi connectivity index (χ2n) is 5.49. The molecule has 1 aromatic carbocycles. The lowest BCUT2D eigenvalue weighted by molar-refractivity contribution is -0.145. The molecule has 1 aromatic rings. The van der Waals surface area contributed by atoms with Gasteiger partial charge in [0.25, 0.3) is 0 Å². The Hall–Kier alpha value is -1.91. The molecule has 0 unspecified atom stereocenters. The van der Waals surface area contributed by atoms with Gasteiger partial charge in [-0.1, -0.05) is 24.6 Å². The molecule has 0 bridgehead atoms. The molecular weight excluding hydrogens is 259 g/mol. The molecule has 1 N–H and O–H groups in total. The van der Waals surface area contributed by atoms with Gasteiger partial charge in [0.15, 0.2) is 0 Å². The summed E-state index contributed by atoms with van der Waals surface area (Å²) >= 11 is 0. The first-order chi connectivity index (χ1) is 9.63. The maximum atomic E-state index is 14.1. The smallest absolute Gasteiger partial charge is 0.239 e. The van der Waals surface area contributed by atoms with Gasteiger partial charge in [-0.2, -0.15) is 0 Å². The summed E-state index contributed by atoms with van der Waals surface area (Å²) in [6, 6.07) is 6.47. The minimum atomic E-state index is -0.761. The lowest BCUT2D eigenvalue weighted by Crippen LogP contribution is -2.57. The summed E-state index contributed by atoms with van der Waals surface area (Å²) in [4.78, 5) is 25.8. The third-order valence-corrected chi connectivity index (χ3v) is 4.33. The zero-order chi connectivity index (χ0) is 14.2. The normalized spacial score (nSPS) is 21.1. The van der Waals surface area contributed by atoms with Gasteiger partial charge in [-0.3, -0.25) is 9.59 Å². The average molecular weight is 276 g/mol. The number of hydrogen-bond acceptors (Lipinski definition) is 2. The molecule has 1 aliphatic heterocycles. The van der Waals surface area contributed by atoms with Crippen molar-refractivity contribution in [3.63, 3.8) is 0 Å². The van der Waals surface area contributed by atoms with E-state index in [1.165, 1.54) is 6.07 Å². The number of nitrogens with zero attached hydrogens (tertiary/aromatic N) is 1. The Kier molecular flexibility index (Phi) is 3.20. The van der Waals surface area contributed by atoms with E-state index < -0.39 is 5.41 Å². The van der Waals surface area contributed by atoms with Crippen molar-refractivity contribution in [2.45, 2.75) is 24.7 Å². The zero-order valence-electron chi connectivity index (χ0n) is 11.2. The van der Waals surface area contributed by atoms with Gasteiger partial charge in [0.2, 0.25) is 11.8 Å². The van der Waals surface area contributed by atoms with E-state index in [-0.39, 0.29) is 24.2 Å². The first-order valence-corrected chi connectivity index (χ1v) is 6.94. The molecule has 2 fully saturated rings.